The number of thioether (sulfide) groups is 1. The Labute approximate surface area is 196 Å². The number of amides is 3. The summed E-state index contributed by atoms with van der Waals surface area (Å²) in [6.45, 7) is 0.379. The molecule has 2 heterocycles. The molecule has 2 aliphatic rings. The van der Waals surface area contributed by atoms with Gasteiger partial charge in [0.1, 0.15) is 23.7 Å². The van der Waals surface area contributed by atoms with Crippen molar-refractivity contribution >= 4 is 29.5 Å². The molecule has 174 valence electrons. The Hall–Kier alpha value is -3.07. The number of halogens is 1. The lowest BCUT2D eigenvalue weighted by molar-refractivity contribution is -0.151. The summed E-state index contributed by atoms with van der Waals surface area (Å²) in [6, 6.07) is 9.77. The SMILES string of the molecule is COc1cc(SC)ccc1C(=O)NC1CCN2C(=O)C(Cc3ccc(F)cc3)NC(=O)C2C1. The molecule has 3 amide bonds. The maximum absolute atomic E-state index is 13.2. The number of methoxy groups -OCH3 is 1. The number of rotatable bonds is 6. The van der Waals surface area contributed by atoms with E-state index in [-0.39, 0.29) is 29.6 Å². The third-order valence-electron chi connectivity index (χ3n) is 6.14. The number of nitrogens with one attached hydrogen (secondary N) is 2. The quantitative estimate of drug-likeness (QED) is 0.632. The minimum atomic E-state index is -0.676. The number of hydrogen-bond donors (Lipinski definition) is 2. The summed E-state index contributed by atoms with van der Waals surface area (Å²) in [5, 5.41) is 5.80. The van der Waals surface area contributed by atoms with Gasteiger partial charge in [-0.15, -0.1) is 11.8 Å². The lowest BCUT2D eigenvalue weighted by Crippen LogP contribution is -2.67. The van der Waals surface area contributed by atoms with E-state index in [4.69, 9.17) is 4.74 Å². The maximum atomic E-state index is 13.2. The highest BCUT2D eigenvalue weighted by molar-refractivity contribution is 7.98. The highest BCUT2D eigenvalue weighted by atomic mass is 32.2. The number of hydrogen-bond acceptors (Lipinski definition) is 5. The van der Waals surface area contributed by atoms with Gasteiger partial charge >= 0.3 is 0 Å². The standard InChI is InChI=1S/C24H26FN3O4S/c1-32-21-13-17(33-2)7-8-18(21)22(29)26-16-9-10-28-20(12-16)23(30)27-19(24(28)31)11-14-3-5-15(25)6-4-14/h3-8,13,16,19-20H,9-12H2,1-2H3,(H,26,29)(H,27,30). The Balaban J connectivity index is 1.40. The van der Waals surface area contributed by atoms with Crippen LogP contribution in [-0.4, -0.2) is 60.7 Å². The average Bonchev–Trinajstić information content (AvgIpc) is 2.83. The van der Waals surface area contributed by atoms with Crippen molar-refractivity contribution < 1.29 is 23.5 Å². The second-order valence-electron chi connectivity index (χ2n) is 8.20. The van der Waals surface area contributed by atoms with Crippen LogP contribution in [0.4, 0.5) is 4.39 Å². The monoisotopic (exact) mass is 471 g/mol. The van der Waals surface area contributed by atoms with Crippen LogP contribution < -0.4 is 15.4 Å². The Bertz CT molecular complexity index is 1060. The van der Waals surface area contributed by atoms with Crippen molar-refractivity contribution in [1.29, 1.82) is 0 Å². The fraction of sp³-hybridized carbons (Fsp3) is 0.375. The van der Waals surface area contributed by atoms with Crippen molar-refractivity contribution in [2.45, 2.75) is 42.3 Å². The van der Waals surface area contributed by atoms with Crippen molar-refractivity contribution in [3.63, 3.8) is 0 Å². The van der Waals surface area contributed by atoms with Crippen molar-refractivity contribution in [2.75, 3.05) is 19.9 Å². The predicted octanol–water partition coefficient (Wildman–Crippen LogP) is 2.39. The third kappa shape index (κ3) is 4.98. The molecule has 3 unspecified atom stereocenters. The van der Waals surface area contributed by atoms with E-state index in [9.17, 15) is 18.8 Å². The van der Waals surface area contributed by atoms with E-state index in [1.165, 1.54) is 19.2 Å². The molecule has 2 aromatic rings. The molecule has 0 radical (unpaired) electrons. The van der Waals surface area contributed by atoms with Crippen LogP contribution in [0.3, 0.4) is 0 Å². The summed E-state index contributed by atoms with van der Waals surface area (Å²) in [4.78, 5) is 41.3. The molecule has 0 aliphatic carbocycles. The first kappa shape index (κ1) is 23.1. The molecule has 33 heavy (non-hydrogen) atoms. The van der Waals surface area contributed by atoms with Gasteiger partial charge in [-0.05, 0) is 55.0 Å². The predicted molar refractivity (Wildman–Crippen MR) is 123 cm³/mol. The molecule has 0 bridgehead atoms. The smallest absolute Gasteiger partial charge is 0.255 e. The second-order valence-corrected chi connectivity index (χ2v) is 9.08. The first-order valence-corrected chi connectivity index (χ1v) is 12.0. The van der Waals surface area contributed by atoms with E-state index >= 15 is 0 Å². The number of carbonyl (C=O) groups excluding carboxylic acids is 3. The fourth-order valence-electron chi connectivity index (χ4n) is 4.38. The highest BCUT2D eigenvalue weighted by Crippen LogP contribution is 2.27. The number of nitrogens with zero attached hydrogens (tertiary/aromatic N) is 1. The van der Waals surface area contributed by atoms with E-state index < -0.39 is 12.1 Å². The molecule has 0 saturated carbocycles. The van der Waals surface area contributed by atoms with Gasteiger partial charge in [0.05, 0.1) is 12.7 Å². The molecule has 2 aromatic carbocycles. The zero-order chi connectivity index (χ0) is 23.5. The average molecular weight is 472 g/mol. The zero-order valence-corrected chi connectivity index (χ0v) is 19.3. The normalized spacial score (nSPS) is 22.4. The molecular formula is C24H26FN3O4S. The Morgan fingerprint density at radius 3 is 2.70 bits per heavy atom. The van der Waals surface area contributed by atoms with Gasteiger partial charge in [0.2, 0.25) is 11.8 Å². The van der Waals surface area contributed by atoms with Crippen molar-refractivity contribution in [2.24, 2.45) is 0 Å². The molecule has 2 aliphatic heterocycles. The van der Waals surface area contributed by atoms with Crippen LogP contribution in [0.1, 0.15) is 28.8 Å². The molecule has 2 saturated heterocycles. The summed E-state index contributed by atoms with van der Waals surface area (Å²) >= 11 is 1.56. The van der Waals surface area contributed by atoms with E-state index in [1.54, 1.807) is 34.9 Å². The van der Waals surface area contributed by atoms with E-state index in [0.29, 0.717) is 37.1 Å². The molecule has 3 atom stereocenters. The van der Waals surface area contributed by atoms with Crippen LogP contribution in [0, 0.1) is 5.82 Å². The lowest BCUT2D eigenvalue weighted by Gasteiger charge is -2.44. The molecule has 0 spiro atoms. The largest absolute Gasteiger partial charge is 0.496 e. The van der Waals surface area contributed by atoms with Gasteiger partial charge in [-0.2, -0.15) is 0 Å². The Morgan fingerprint density at radius 2 is 2.00 bits per heavy atom. The van der Waals surface area contributed by atoms with Crippen LogP contribution in [0.15, 0.2) is 47.4 Å². The lowest BCUT2D eigenvalue weighted by atomic mass is 9.91. The van der Waals surface area contributed by atoms with E-state index in [1.807, 2.05) is 18.4 Å². The summed E-state index contributed by atoms with van der Waals surface area (Å²) in [7, 11) is 1.52. The summed E-state index contributed by atoms with van der Waals surface area (Å²) in [5.74, 6) is -0.508. The van der Waals surface area contributed by atoms with Crippen LogP contribution in [0.5, 0.6) is 5.75 Å². The number of piperidine rings is 1. The first-order valence-electron chi connectivity index (χ1n) is 10.8. The Morgan fingerprint density at radius 1 is 1.24 bits per heavy atom. The number of piperazine rings is 1. The van der Waals surface area contributed by atoms with E-state index in [2.05, 4.69) is 10.6 Å². The highest BCUT2D eigenvalue weighted by Gasteiger charge is 2.44. The van der Waals surface area contributed by atoms with Crippen molar-refractivity contribution in [1.82, 2.24) is 15.5 Å². The minimum absolute atomic E-state index is 0.150. The summed E-state index contributed by atoms with van der Waals surface area (Å²) in [6.07, 6.45) is 3.15. The van der Waals surface area contributed by atoms with Crippen LogP contribution in [0.25, 0.3) is 0 Å². The van der Waals surface area contributed by atoms with Crippen LogP contribution >= 0.6 is 11.8 Å². The van der Waals surface area contributed by atoms with E-state index in [0.717, 1.165) is 10.5 Å². The second kappa shape index (κ2) is 9.82. The Kier molecular flexibility index (Phi) is 6.88. The van der Waals surface area contributed by atoms with Gasteiger partial charge < -0.3 is 20.3 Å². The fourth-order valence-corrected chi connectivity index (χ4v) is 4.81. The van der Waals surface area contributed by atoms with Gasteiger partial charge in [-0.1, -0.05) is 12.1 Å². The molecule has 2 N–H and O–H groups in total. The van der Waals surface area contributed by atoms with Crippen molar-refractivity contribution in [3.05, 3.63) is 59.4 Å². The third-order valence-corrected chi connectivity index (χ3v) is 6.87. The van der Waals surface area contributed by atoms with Gasteiger partial charge in [0.25, 0.3) is 5.91 Å². The van der Waals surface area contributed by atoms with Gasteiger partial charge in [0, 0.05) is 23.9 Å². The maximum Gasteiger partial charge on any atom is 0.255 e. The number of ether oxygens (including phenoxy) is 1. The summed E-state index contributed by atoms with van der Waals surface area (Å²) < 4.78 is 18.5. The first-order chi connectivity index (χ1) is 15.9. The zero-order valence-electron chi connectivity index (χ0n) is 18.5. The number of fused-ring (bicyclic) bond motifs is 1. The number of benzene rings is 2. The summed E-state index contributed by atoms with van der Waals surface area (Å²) in [5.41, 5.74) is 1.21. The number of carbonyl (C=O) groups is 3. The van der Waals surface area contributed by atoms with Gasteiger partial charge in [-0.3, -0.25) is 14.4 Å². The van der Waals surface area contributed by atoms with Crippen molar-refractivity contribution in [3.8, 4) is 5.75 Å². The van der Waals surface area contributed by atoms with Crippen LogP contribution in [-0.2, 0) is 16.0 Å². The van der Waals surface area contributed by atoms with Gasteiger partial charge in [-0.25, -0.2) is 4.39 Å². The molecule has 9 heteroatoms. The minimum Gasteiger partial charge on any atom is -0.496 e. The molecule has 7 nitrogen and oxygen atoms in total. The van der Waals surface area contributed by atoms with Gasteiger partial charge in [0.15, 0.2) is 0 Å². The molecule has 2 fully saturated rings. The molecule has 0 aromatic heterocycles. The topological polar surface area (TPSA) is 87.7 Å². The molecule has 4 rings (SSSR count). The van der Waals surface area contributed by atoms with Crippen LogP contribution in [0.2, 0.25) is 0 Å². The molecular weight excluding hydrogens is 445 g/mol.